The van der Waals surface area contributed by atoms with Gasteiger partial charge in [0.2, 0.25) is 5.91 Å². The van der Waals surface area contributed by atoms with Gasteiger partial charge in [-0.3, -0.25) is 13.9 Å². The van der Waals surface area contributed by atoms with Crippen LogP contribution >= 0.6 is 11.9 Å². The van der Waals surface area contributed by atoms with Gasteiger partial charge in [-0.1, -0.05) is 0 Å². The number of rotatable bonds is 4. The number of carbonyl (C=O) groups excluding carboxylic acids is 1. The lowest BCUT2D eigenvalue weighted by atomic mass is 10.0. The van der Waals surface area contributed by atoms with Crippen LogP contribution in [0.25, 0.3) is 0 Å². The molecule has 0 bridgehead atoms. The van der Waals surface area contributed by atoms with Crippen molar-refractivity contribution in [2.75, 3.05) is 7.11 Å². The predicted molar refractivity (Wildman–Crippen MR) is 55.4 cm³/mol. The van der Waals surface area contributed by atoms with Crippen molar-refractivity contribution in [2.24, 2.45) is 0 Å². The van der Waals surface area contributed by atoms with Crippen molar-refractivity contribution in [1.82, 2.24) is 5.48 Å². The lowest BCUT2D eigenvalue weighted by molar-refractivity contribution is -0.259. The molecule has 0 aromatic rings. The summed E-state index contributed by atoms with van der Waals surface area (Å²) in [6, 6.07) is 0. The molecule has 0 saturated carbocycles. The number of carbonyl (C=O) groups is 1. The molecular weight excluding hydrogens is 238 g/mol. The summed E-state index contributed by atoms with van der Waals surface area (Å²) in [5, 5.41) is 0. The third-order valence-corrected chi connectivity index (χ3v) is 2.57. The summed E-state index contributed by atoms with van der Waals surface area (Å²) >= 11 is 5.33. The van der Waals surface area contributed by atoms with E-state index in [4.69, 9.17) is 30.5 Å². The number of halogens is 1. The van der Waals surface area contributed by atoms with Gasteiger partial charge >= 0.3 is 0 Å². The minimum absolute atomic E-state index is 0.222. The first-order valence-electron chi connectivity index (χ1n) is 4.96. The van der Waals surface area contributed by atoms with Crippen molar-refractivity contribution >= 4 is 17.8 Å². The molecular formula is C9H16ClNO5. The highest BCUT2D eigenvalue weighted by Crippen LogP contribution is 2.25. The lowest BCUT2D eigenvalue weighted by Gasteiger charge is -2.37. The molecule has 7 heteroatoms. The number of amides is 1. The van der Waals surface area contributed by atoms with E-state index in [1.807, 2.05) is 6.92 Å². The van der Waals surface area contributed by atoms with Gasteiger partial charge in [0.05, 0.1) is 18.0 Å². The Kier molecular flexibility index (Phi) is 5.43. The van der Waals surface area contributed by atoms with Crippen molar-refractivity contribution < 1.29 is 23.4 Å². The van der Waals surface area contributed by atoms with Gasteiger partial charge < -0.3 is 9.47 Å². The Labute approximate surface area is 99.2 Å². The van der Waals surface area contributed by atoms with Crippen molar-refractivity contribution in [3.05, 3.63) is 0 Å². The van der Waals surface area contributed by atoms with Gasteiger partial charge in [-0.05, 0) is 6.92 Å². The molecule has 0 spiro atoms. The molecule has 0 unspecified atom stereocenters. The minimum atomic E-state index is -0.523. The zero-order chi connectivity index (χ0) is 12.1. The molecule has 16 heavy (non-hydrogen) atoms. The SMILES string of the molecule is CO[C@H]1O[C@H](C)[C@H](ONC(C)=O)C[C@@H]1OCl. The number of nitrogens with one attached hydrogen (secondary N) is 1. The molecule has 1 rings (SSSR count). The highest BCUT2D eigenvalue weighted by Gasteiger charge is 2.38. The second kappa shape index (κ2) is 6.36. The monoisotopic (exact) mass is 253 g/mol. The Morgan fingerprint density at radius 1 is 1.50 bits per heavy atom. The van der Waals surface area contributed by atoms with E-state index in [0.717, 1.165) is 0 Å². The largest absolute Gasteiger partial charge is 0.353 e. The lowest BCUT2D eigenvalue weighted by Crippen LogP contribution is -2.49. The van der Waals surface area contributed by atoms with Crippen LogP contribution in [-0.4, -0.2) is 37.6 Å². The van der Waals surface area contributed by atoms with E-state index in [0.29, 0.717) is 6.42 Å². The van der Waals surface area contributed by atoms with Gasteiger partial charge in [0.1, 0.15) is 12.2 Å². The summed E-state index contributed by atoms with van der Waals surface area (Å²) in [4.78, 5) is 15.9. The van der Waals surface area contributed by atoms with Crippen LogP contribution in [0.15, 0.2) is 0 Å². The Balaban J connectivity index is 2.50. The van der Waals surface area contributed by atoms with Crippen LogP contribution in [0, 0.1) is 0 Å². The molecule has 1 N–H and O–H groups in total. The molecule has 4 atom stereocenters. The Morgan fingerprint density at radius 3 is 2.69 bits per heavy atom. The molecule has 6 nitrogen and oxygen atoms in total. The summed E-state index contributed by atoms with van der Waals surface area (Å²) in [7, 11) is 1.51. The molecule has 1 saturated heterocycles. The van der Waals surface area contributed by atoms with Gasteiger partial charge in [0.25, 0.3) is 0 Å². The zero-order valence-electron chi connectivity index (χ0n) is 9.44. The first-order valence-corrected chi connectivity index (χ1v) is 5.27. The Morgan fingerprint density at radius 2 is 2.19 bits per heavy atom. The number of hydrogen-bond donors (Lipinski definition) is 1. The van der Waals surface area contributed by atoms with Crippen LogP contribution in [0.3, 0.4) is 0 Å². The summed E-state index contributed by atoms with van der Waals surface area (Å²) in [5.74, 6) is -0.274. The number of methoxy groups -OCH3 is 1. The maximum atomic E-state index is 10.7. The van der Waals surface area contributed by atoms with Crippen LogP contribution in [0.4, 0.5) is 0 Å². The second-order valence-corrected chi connectivity index (χ2v) is 3.80. The van der Waals surface area contributed by atoms with Gasteiger partial charge in [-0.25, -0.2) is 5.48 Å². The van der Waals surface area contributed by atoms with Crippen molar-refractivity contribution in [2.45, 2.75) is 44.9 Å². The number of hydrogen-bond acceptors (Lipinski definition) is 5. The van der Waals surface area contributed by atoms with Crippen LogP contribution in [-0.2, 0) is 23.4 Å². The summed E-state index contributed by atoms with van der Waals surface area (Å²) in [5.41, 5.74) is 2.26. The van der Waals surface area contributed by atoms with Gasteiger partial charge in [0.15, 0.2) is 6.29 Å². The van der Waals surface area contributed by atoms with E-state index >= 15 is 0 Å². The molecule has 94 valence electrons. The van der Waals surface area contributed by atoms with Crippen molar-refractivity contribution in [3.8, 4) is 0 Å². The molecule has 1 aliphatic heterocycles. The van der Waals surface area contributed by atoms with E-state index in [-0.39, 0.29) is 18.1 Å². The van der Waals surface area contributed by atoms with E-state index in [9.17, 15) is 4.79 Å². The maximum absolute atomic E-state index is 10.7. The molecule has 1 aliphatic rings. The molecule has 0 radical (unpaired) electrons. The molecule has 0 aromatic heterocycles. The molecule has 0 aliphatic carbocycles. The van der Waals surface area contributed by atoms with Gasteiger partial charge in [-0.2, -0.15) is 0 Å². The first kappa shape index (κ1) is 13.7. The van der Waals surface area contributed by atoms with E-state index < -0.39 is 12.4 Å². The predicted octanol–water partition coefficient (Wildman–Crippen LogP) is 0.743. The van der Waals surface area contributed by atoms with Crippen molar-refractivity contribution in [1.29, 1.82) is 0 Å². The maximum Gasteiger partial charge on any atom is 0.240 e. The fraction of sp³-hybridized carbons (Fsp3) is 0.889. The Hall–Kier alpha value is -0.400. The topological polar surface area (TPSA) is 66.0 Å². The third kappa shape index (κ3) is 3.57. The third-order valence-electron chi connectivity index (χ3n) is 2.34. The van der Waals surface area contributed by atoms with Crippen LogP contribution in [0.1, 0.15) is 20.3 Å². The second-order valence-electron chi connectivity index (χ2n) is 3.62. The van der Waals surface area contributed by atoms with E-state index in [2.05, 4.69) is 5.48 Å². The van der Waals surface area contributed by atoms with Crippen LogP contribution < -0.4 is 5.48 Å². The average molecular weight is 254 g/mol. The van der Waals surface area contributed by atoms with E-state index in [1.54, 1.807) is 0 Å². The normalized spacial score (nSPS) is 34.8. The molecule has 1 fully saturated rings. The molecule has 0 aromatic carbocycles. The highest BCUT2D eigenvalue weighted by molar-refractivity contribution is 6.07. The smallest absolute Gasteiger partial charge is 0.240 e. The minimum Gasteiger partial charge on any atom is -0.353 e. The van der Waals surface area contributed by atoms with Crippen LogP contribution in [0.2, 0.25) is 0 Å². The quantitative estimate of drug-likeness (QED) is 0.749. The van der Waals surface area contributed by atoms with Gasteiger partial charge in [-0.15, -0.1) is 0 Å². The number of hydroxylamine groups is 1. The standard InChI is InChI=1S/C9H16ClNO5/c1-5-7(16-11-6(2)12)4-8(15-10)9(13-3)14-5/h5,7-9H,4H2,1-3H3,(H,11,12)/t5-,7-,8+,9+/m1/s1. The summed E-state index contributed by atoms with van der Waals surface area (Å²) in [6.45, 7) is 3.19. The highest BCUT2D eigenvalue weighted by atomic mass is 35.5. The molecule has 1 heterocycles. The molecule has 1 amide bonds. The van der Waals surface area contributed by atoms with Crippen molar-refractivity contribution in [3.63, 3.8) is 0 Å². The first-order chi connectivity index (χ1) is 7.58. The number of ether oxygens (including phenoxy) is 2. The fourth-order valence-electron chi connectivity index (χ4n) is 1.51. The van der Waals surface area contributed by atoms with E-state index in [1.165, 1.54) is 14.0 Å². The summed E-state index contributed by atoms with van der Waals surface area (Å²) < 4.78 is 15.2. The van der Waals surface area contributed by atoms with Gasteiger partial charge in [0, 0.05) is 20.5 Å². The zero-order valence-corrected chi connectivity index (χ0v) is 10.2. The Bertz CT molecular complexity index is 240. The van der Waals surface area contributed by atoms with Crippen LogP contribution in [0.5, 0.6) is 0 Å². The summed E-state index contributed by atoms with van der Waals surface area (Å²) in [6.07, 6.45) is -1.02. The average Bonchev–Trinajstić information content (AvgIpc) is 2.26. The fourth-order valence-corrected chi connectivity index (χ4v) is 1.66.